The first kappa shape index (κ1) is 56.8. The fourth-order valence-corrected chi connectivity index (χ4v) is 10.3. The van der Waals surface area contributed by atoms with Gasteiger partial charge in [0.05, 0.1) is 24.4 Å². The minimum absolute atomic E-state index is 0.149. The quantitative estimate of drug-likeness (QED) is 0.102. The molecule has 22 nitrogen and oxygen atoms in total. The number of ether oxygens (including phenoxy) is 18. The van der Waals surface area contributed by atoms with Gasteiger partial charge in [0.15, 0.2) is 12.6 Å². The Morgan fingerprint density at radius 1 is 0.329 bits per heavy atom. The highest BCUT2D eigenvalue weighted by Crippen LogP contribution is 2.39. The predicted molar refractivity (Wildman–Crippen MR) is 244 cm³/mol. The zero-order valence-electron chi connectivity index (χ0n) is 41.8. The lowest BCUT2D eigenvalue weighted by atomic mass is 9.94. The molecule has 22 heteroatoms. The van der Waals surface area contributed by atoms with Gasteiger partial charge in [0.2, 0.25) is 12.6 Å². The smallest absolute Gasteiger partial charge is 0.229 e. The van der Waals surface area contributed by atoms with Crippen molar-refractivity contribution >= 4 is 10.8 Å². The van der Waals surface area contributed by atoms with Crippen molar-refractivity contribution in [1.82, 2.24) is 0 Å². The number of hydrogen-bond donors (Lipinski definition) is 4. The molecule has 2 aromatic rings. The van der Waals surface area contributed by atoms with E-state index in [1.807, 2.05) is 24.3 Å². The van der Waals surface area contributed by atoms with Crippen LogP contribution in [0.3, 0.4) is 0 Å². The van der Waals surface area contributed by atoms with Crippen molar-refractivity contribution in [2.45, 2.75) is 149 Å². The van der Waals surface area contributed by atoms with Gasteiger partial charge in [-0.25, -0.2) is 0 Å². The molecule has 0 aromatic heterocycles. The van der Waals surface area contributed by atoms with E-state index in [0.29, 0.717) is 11.5 Å². The van der Waals surface area contributed by atoms with E-state index in [4.69, 9.17) is 85.3 Å². The van der Waals surface area contributed by atoms with Gasteiger partial charge in [-0.15, -0.1) is 0 Å². The Morgan fingerprint density at radius 3 is 0.900 bits per heavy atom. The summed E-state index contributed by atoms with van der Waals surface area (Å²) < 4.78 is 111. The molecule has 0 aliphatic carbocycles. The summed E-state index contributed by atoms with van der Waals surface area (Å²) in [5, 5.41) is 41.8. The van der Waals surface area contributed by atoms with Gasteiger partial charge in [-0.2, -0.15) is 0 Å². The lowest BCUT2D eigenvalue weighted by Gasteiger charge is -2.49. The average Bonchev–Trinajstić information content (AvgIpc) is 3.37. The van der Waals surface area contributed by atoms with Gasteiger partial charge in [0.1, 0.15) is 84.7 Å². The molecule has 20 atom stereocenters. The normalized spacial score (nSPS) is 38.2. The molecule has 4 N–H and O–H groups in total. The molecule has 0 amide bonds. The molecule has 4 aliphatic rings. The maximum Gasteiger partial charge on any atom is 0.229 e. The first-order chi connectivity index (χ1) is 34.1. The molecular formula is C48H76O22. The van der Waals surface area contributed by atoms with Crippen LogP contribution in [0.15, 0.2) is 36.4 Å². The van der Waals surface area contributed by atoms with E-state index >= 15 is 0 Å². The van der Waals surface area contributed by atoms with E-state index in [1.165, 1.54) is 56.9 Å². The first-order valence-corrected chi connectivity index (χ1v) is 23.6. The van der Waals surface area contributed by atoms with Crippen molar-refractivity contribution < 1.29 is 106 Å². The zero-order chi connectivity index (χ0) is 50.5. The van der Waals surface area contributed by atoms with Crippen LogP contribution >= 0.6 is 0 Å². The third-order valence-corrected chi connectivity index (χ3v) is 13.6. The van der Waals surface area contributed by atoms with Crippen molar-refractivity contribution in [2.24, 2.45) is 0 Å². The summed E-state index contributed by atoms with van der Waals surface area (Å²) in [5.74, 6) is 0.867. The minimum Gasteiger partial charge on any atom is -0.462 e. The Labute approximate surface area is 409 Å². The number of rotatable bonds is 26. The van der Waals surface area contributed by atoms with Crippen molar-refractivity contribution in [3.8, 4) is 11.5 Å². The molecule has 2 aromatic carbocycles. The van der Waals surface area contributed by atoms with Crippen LogP contribution < -0.4 is 9.47 Å². The molecule has 0 saturated carbocycles. The summed E-state index contributed by atoms with van der Waals surface area (Å²) >= 11 is 0. The zero-order valence-corrected chi connectivity index (χ0v) is 41.8. The molecule has 400 valence electrons. The molecule has 13 unspecified atom stereocenters. The third-order valence-electron chi connectivity index (χ3n) is 13.6. The van der Waals surface area contributed by atoms with E-state index in [9.17, 15) is 20.4 Å². The number of fused-ring (bicyclic) bond motifs is 1. The van der Waals surface area contributed by atoms with Gasteiger partial charge in [0.25, 0.3) is 0 Å². The van der Waals surface area contributed by atoms with Crippen LogP contribution in [0.1, 0.15) is 25.7 Å². The van der Waals surface area contributed by atoms with Gasteiger partial charge >= 0.3 is 0 Å². The van der Waals surface area contributed by atoms with E-state index in [1.54, 1.807) is 26.4 Å². The van der Waals surface area contributed by atoms with E-state index < -0.39 is 123 Å². The SMILES string of the molecule is COC1C(O[C@H]2C(CCO)O[C@@H](Oc3ccc4ccc(O[C@@H]5OC(CCO)C(OC6OC(CCO)[C@@H](OC)[C@@H](OC)C6OC)[C@@H](OC)C5OC)cc4c3)C(OC)C2OC)OC(CCO)[C@H](OC)C1OC. The monoisotopic (exact) mass is 1000 g/mol. The Kier molecular flexibility index (Phi) is 22.5. The lowest BCUT2D eigenvalue weighted by Crippen LogP contribution is -2.65. The predicted octanol–water partition coefficient (Wildman–Crippen LogP) is 0.947. The van der Waals surface area contributed by atoms with E-state index in [2.05, 4.69) is 0 Å². The largest absolute Gasteiger partial charge is 0.462 e. The highest BCUT2D eigenvalue weighted by molar-refractivity contribution is 5.85. The molecule has 4 fully saturated rings. The average molecular weight is 1010 g/mol. The molecule has 4 saturated heterocycles. The van der Waals surface area contributed by atoms with Crippen LogP contribution in [0.2, 0.25) is 0 Å². The fraction of sp³-hybridized carbons (Fsp3) is 0.792. The van der Waals surface area contributed by atoms with Crippen LogP contribution in [0.25, 0.3) is 10.8 Å². The number of aliphatic hydroxyl groups excluding tert-OH is 4. The summed E-state index contributed by atoms with van der Waals surface area (Å²) in [6.45, 7) is -0.796. The number of methoxy groups -OCH3 is 10. The summed E-state index contributed by atoms with van der Waals surface area (Å²) in [4.78, 5) is 0. The van der Waals surface area contributed by atoms with Gasteiger partial charge in [-0.05, 0) is 60.7 Å². The molecular weight excluding hydrogens is 929 g/mol. The third kappa shape index (κ3) is 12.5. The molecule has 6 rings (SSSR count). The van der Waals surface area contributed by atoms with Crippen LogP contribution in [-0.4, -0.2) is 241 Å². The van der Waals surface area contributed by atoms with E-state index in [0.717, 1.165) is 10.8 Å². The van der Waals surface area contributed by atoms with Crippen molar-refractivity contribution in [3.63, 3.8) is 0 Å². The molecule has 0 radical (unpaired) electrons. The minimum atomic E-state index is -1.02. The molecule has 70 heavy (non-hydrogen) atoms. The molecule has 0 spiro atoms. The van der Waals surface area contributed by atoms with Crippen molar-refractivity contribution in [1.29, 1.82) is 0 Å². The second kappa shape index (κ2) is 27.7. The second-order valence-electron chi connectivity index (χ2n) is 17.3. The summed E-state index contributed by atoms with van der Waals surface area (Å²) in [7, 11) is 15.3. The summed E-state index contributed by atoms with van der Waals surface area (Å²) in [6.07, 6.45) is -14.7. The van der Waals surface area contributed by atoms with Crippen molar-refractivity contribution in [2.75, 3.05) is 97.5 Å². The number of hydrogen-bond acceptors (Lipinski definition) is 22. The first-order valence-electron chi connectivity index (χ1n) is 23.6. The summed E-state index contributed by atoms with van der Waals surface area (Å²) in [6, 6.07) is 11.0. The van der Waals surface area contributed by atoms with Gasteiger partial charge < -0.3 is 106 Å². The van der Waals surface area contributed by atoms with Gasteiger partial charge in [-0.3, -0.25) is 0 Å². The lowest BCUT2D eigenvalue weighted by molar-refractivity contribution is -0.358. The number of benzene rings is 2. The van der Waals surface area contributed by atoms with Crippen molar-refractivity contribution in [3.05, 3.63) is 36.4 Å². The highest BCUT2D eigenvalue weighted by Gasteiger charge is 2.55. The van der Waals surface area contributed by atoms with Crippen LogP contribution in [0.4, 0.5) is 0 Å². The van der Waals surface area contributed by atoms with Crippen LogP contribution in [0.5, 0.6) is 11.5 Å². The molecule has 4 aliphatic heterocycles. The second-order valence-corrected chi connectivity index (χ2v) is 17.3. The van der Waals surface area contributed by atoms with Crippen LogP contribution in [-0.2, 0) is 75.8 Å². The Bertz CT molecular complexity index is 1690. The maximum atomic E-state index is 10.2. The molecule has 4 heterocycles. The standard InChI is InChI=1S/C48H76O22/c1-53-33-29(15-19-49)65-47(41(59-7)37(33)55-3)69-35-31(17-21-51)67-45(43(61-9)39(35)57-5)63-27-13-11-25-12-14-28(24-26(25)23-27)64-46-44(62-10)40(58-6)36(32(68-46)18-22-52)70-48-42(60-8)38(56-4)34(54-2)30(66-48)16-20-50/h11-14,23-24,29-52H,15-22H2,1-10H3/t29?,30?,31?,32?,33-,34+,35-,36?,37?,38+,39?,40+,41?,42?,43?,44?,45+,46+,47?,48?/m0/s1. The Hall–Kier alpha value is -2.50. The highest BCUT2D eigenvalue weighted by atomic mass is 16.8. The Morgan fingerprint density at radius 2 is 0.600 bits per heavy atom. The van der Waals surface area contributed by atoms with Crippen LogP contribution in [0, 0.1) is 0 Å². The van der Waals surface area contributed by atoms with Gasteiger partial charge in [0, 0.05) is 97.5 Å². The topological polar surface area (TPSA) is 247 Å². The molecule has 0 bridgehead atoms. The van der Waals surface area contributed by atoms with Gasteiger partial charge in [-0.1, -0.05) is 12.1 Å². The number of aliphatic hydroxyl groups is 4. The summed E-state index contributed by atoms with van der Waals surface area (Å²) in [5.41, 5.74) is 0. The van der Waals surface area contributed by atoms with E-state index in [-0.39, 0.29) is 52.1 Å². The Balaban J connectivity index is 1.20. The fourth-order valence-electron chi connectivity index (χ4n) is 10.3. The maximum absolute atomic E-state index is 10.2.